The van der Waals surface area contributed by atoms with Crippen molar-refractivity contribution < 1.29 is 8.83 Å². The van der Waals surface area contributed by atoms with Crippen LogP contribution in [-0.4, -0.2) is 0 Å². The standard InChI is InChI=1S/C52H30O2/c1-2-12-35-31(11-1)25-27-43-51-38-15-4-3-13-36(38)44(30-48(51)54-52(35)43)32-21-23-33(24-22-32)49-39-16-5-7-18-41(39)50(42-19-8-6-17-40(42)49)34-26-28-47-45(29-34)37-14-9-10-20-46(37)53-47/h1-30H. The molecule has 2 heteroatoms. The van der Waals surface area contributed by atoms with E-state index < -0.39 is 0 Å². The Hall–Kier alpha value is -7.16. The van der Waals surface area contributed by atoms with E-state index in [0.717, 1.165) is 49.4 Å². The Morgan fingerprint density at radius 1 is 0.278 bits per heavy atom. The maximum Gasteiger partial charge on any atom is 0.143 e. The van der Waals surface area contributed by atoms with Gasteiger partial charge in [0.15, 0.2) is 0 Å². The highest BCUT2D eigenvalue weighted by Crippen LogP contribution is 2.46. The third-order valence-corrected chi connectivity index (χ3v) is 11.5. The predicted octanol–water partition coefficient (Wildman–Crippen LogP) is 15.1. The highest BCUT2D eigenvalue weighted by Gasteiger charge is 2.20. The summed E-state index contributed by atoms with van der Waals surface area (Å²) in [4.78, 5) is 0. The topological polar surface area (TPSA) is 26.3 Å². The van der Waals surface area contributed by atoms with Gasteiger partial charge in [0.2, 0.25) is 0 Å². The van der Waals surface area contributed by atoms with Gasteiger partial charge >= 0.3 is 0 Å². The molecule has 0 amide bonds. The molecule has 0 saturated carbocycles. The van der Waals surface area contributed by atoms with Gasteiger partial charge in [0.1, 0.15) is 22.3 Å². The largest absolute Gasteiger partial charge is 0.456 e. The summed E-state index contributed by atoms with van der Waals surface area (Å²) in [7, 11) is 0. The molecule has 0 spiro atoms. The molecule has 0 atom stereocenters. The Labute approximate surface area is 310 Å². The summed E-state index contributed by atoms with van der Waals surface area (Å²) in [5, 5.41) is 14.3. The first-order valence-electron chi connectivity index (χ1n) is 18.5. The third-order valence-electron chi connectivity index (χ3n) is 11.5. The first-order chi connectivity index (χ1) is 26.8. The summed E-state index contributed by atoms with van der Waals surface area (Å²) < 4.78 is 12.9. The van der Waals surface area contributed by atoms with Crippen molar-refractivity contribution in [2.24, 2.45) is 0 Å². The van der Waals surface area contributed by atoms with Crippen LogP contribution in [0.5, 0.6) is 0 Å². The van der Waals surface area contributed by atoms with Crippen LogP contribution in [0.3, 0.4) is 0 Å². The minimum atomic E-state index is 0.908. The lowest BCUT2D eigenvalue weighted by atomic mass is 9.85. The highest BCUT2D eigenvalue weighted by atomic mass is 16.3. The molecule has 54 heavy (non-hydrogen) atoms. The molecule has 10 aromatic carbocycles. The van der Waals surface area contributed by atoms with Gasteiger partial charge in [0, 0.05) is 26.9 Å². The number of hydrogen-bond acceptors (Lipinski definition) is 2. The molecule has 0 bridgehead atoms. The molecule has 0 aliphatic heterocycles. The molecule has 250 valence electrons. The second-order valence-corrected chi connectivity index (χ2v) is 14.3. The summed E-state index contributed by atoms with van der Waals surface area (Å²) in [5.41, 5.74) is 10.9. The van der Waals surface area contributed by atoms with Crippen LogP contribution >= 0.6 is 0 Å². The quantitative estimate of drug-likeness (QED) is 0.173. The minimum absolute atomic E-state index is 0.908. The Morgan fingerprint density at radius 2 is 0.815 bits per heavy atom. The van der Waals surface area contributed by atoms with Crippen molar-refractivity contribution in [2.75, 3.05) is 0 Å². The number of benzene rings is 10. The fourth-order valence-corrected chi connectivity index (χ4v) is 9.06. The first-order valence-corrected chi connectivity index (χ1v) is 18.5. The zero-order valence-corrected chi connectivity index (χ0v) is 29.1. The van der Waals surface area contributed by atoms with Crippen molar-refractivity contribution in [3.63, 3.8) is 0 Å². The normalized spacial score (nSPS) is 12.1. The molecule has 0 aliphatic carbocycles. The van der Waals surface area contributed by atoms with E-state index >= 15 is 0 Å². The van der Waals surface area contributed by atoms with Crippen LogP contribution in [-0.2, 0) is 0 Å². The molecule has 2 aromatic heterocycles. The van der Waals surface area contributed by atoms with Gasteiger partial charge in [-0.3, -0.25) is 0 Å². The van der Waals surface area contributed by atoms with Crippen LogP contribution in [0, 0.1) is 0 Å². The van der Waals surface area contributed by atoms with Crippen LogP contribution in [0.2, 0.25) is 0 Å². The highest BCUT2D eigenvalue weighted by molar-refractivity contribution is 6.26. The van der Waals surface area contributed by atoms with Crippen molar-refractivity contribution in [1.29, 1.82) is 0 Å². The molecule has 0 aliphatic rings. The van der Waals surface area contributed by atoms with E-state index in [1.54, 1.807) is 0 Å². The van der Waals surface area contributed by atoms with Gasteiger partial charge in [-0.1, -0.05) is 152 Å². The van der Waals surface area contributed by atoms with Crippen LogP contribution in [0.4, 0.5) is 0 Å². The third kappa shape index (κ3) is 4.17. The summed E-state index contributed by atoms with van der Waals surface area (Å²) in [6.45, 7) is 0. The van der Waals surface area contributed by atoms with Crippen molar-refractivity contribution in [1.82, 2.24) is 0 Å². The van der Waals surface area contributed by atoms with Crippen molar-refractivity contribution in [3.05, 3.63) is 182 Å². The number of hydrogen-bond donors (Lipinski definition) is 0. The van der Waals surface area contributed by atoms with E-state index in [1.807, 2.05) is 12.1 Å². The Morgan fingerprint density at radius 3 is 1.54 bits per heavy atom. The molecule has 12 aromatic rings. The van der Waals surface area contributed by atoms with E-state index in [2.05, 4.69) is 170 Å². The molecule has 0 N–H and O–H groups in total. The fraction of sp³-hybridized carbons (Fsp3) is 0. The van der Waals surface area contributed by atoms with E-state index in [0.29, 0.717) is 0 Å². The van der Waals surface area contributed by atoms with Crippen LogP contribution in [0.1, 0.15) is 0 Å². The average Bonchev–Trinajstić information content (AvgIpc) is 3.81. The molecular weight excluding hydrogens is 657 g/mol. The maximum atomic E-state index is 6.71. The van der Waals surface area contributed by atoms with Gasteiger partial charge in [0.25, 0.3) is 0 Å². The van der Waals surface area contributed by atoms with Gasteiger partial charge in [-0.25, -0.2) is 0 Å². The van der Waals surface area contributed by atoms with Crippen LogP contribution in [0.25, 0.3) is 120 Å². The van der Waals surface area contributed by atoms with Gasteiger partial charge < -0.3 is 8.83 Å². The second kappa shape index (κ2) is 11.2. The molecule has 0 unspecified atom stereocenters. The molecular formula is C52H30O2. The lowest BCUT2D eigenvalue weighted by Crippen LogP contribution is -1.91. The van der Waals surface area contributed by atoms with E-state index in [9.17, 15) is 0 Å². The number of fused-ring (bicyclic) bond motifs is 12. The lowest BCUT2D eigenvalue weighted by molar-refractivity contribution is 0.669. The molecule has 2 nitrogen and oxygen atoms in total. The SMILES string of the molecule is c1ccc2c(c1)ccc1c2oc2cc(-c3ccc(-c4c5ccccc5c(-c5ccc6oc7ccccc7c6c5)c5ccccc45)cc3)c3ccccc3c21. The fourth-order valence-electron chi connectivity index (χ4n) is 9.06. The van der Waals surface area contributed by atoms with Gasteiger partial charge in [-0.2, -0.15) is 0 Å². The van der Waals surface area contributed by atoms with E-state index in [4.69, 9.17) is 8.83 Å². The second-order valence-electron chi connectivity index (χ2n) is 14.3. The number of rotatable bonds is 3. The smallest absolute Gasteiger partial charge is 0.143 e. The summed E-state index contributed by atoms with van der Waals surface area (Å²) >= 11 is 0. The van der Waals surface area contributed by atoms with Gasteiger partial charge in [-0.15, -0.1) is 0 Å². The number of para-hydroxylation sites is 1. The van der Waals surface area contributed by atoms with Crippen LogP contribution in [0.15, 0.2) is 191 Å². The summed E-state index contributed by atoms with van der Waals surface area (Å²) in [5.74, 6) is 0. The van der Waals surface area contributed by atoms with Crippen molar-refractivity contribution >= 4 is 87.0 Å². The van der Waals surface area contributed by atoms with Crippen molar-refractivity contribution in [3.8, 4) is 33.4 Å². The summed E-state index contributed by atoms with van der Waals surface area (Å²) in [6, 6.07) is 65.6. The molecule has 0 fully saturated rings. The average molecular weight is 687 g/mol. The van der Waals surface area contributed by atoms with E-state index in [-0.39, 0.29) is 0 Å². The Bertz CT molecular complexity index is 3430. The maximum absolute atomic E-state index is 6.71. The molecule has 12 rings (SSSR count). The van der Waals surface area contributed by atoms with Gasteiger partial charge in [-0.05, 0) is 101 Å². The Kier molecular flexibility index (Phi) is 6.09. The first kappa shape index (κ1) is 29.4. The zero-order chi connectivity index (χ0) is 35.3. The summed E-state index contributed by atoms with van der Waals surface area (Å²) in [6.07, 6.45) is 0. The molecule has 0 saturated heterocycles. The van der Waals surface area contributed by atoms with Crippen molar-refractivity contribution in [2.45, 2.75) is 0 Å². The van der Waals surface area contributed by atoms with Crippen LogP contribution < -0.4 is 0 Å². The Balaban J connectivity index is 1.05. The zero-order valence-electron chi connectivity index (χ0n) is 29.1. The predicted molar refractivity (Wildman–Crippen MR) is 227 cm³/mol. The minimum Gasteiger partial charge on any atom is -0.456 e. The van der Waals surface area contributed by atoms with Gasteiger partial charge in [0.05, 0.1) is 0 Å². The molecule has 2 heterocycles. The monoisotopic (exact) mass is 686 g/mol. The van der Waals surface area contributed by atoms with E-state index in [1.165, 1.54) is 70.9 Å². The molecule has 0 radical (unpaired) electrons. The lowest BCUT2D eigenvalue weighted by Gasteiger charge is -2.18. The number of furan rings is 2.